The van der Waals surface area contributed by atoms with Crippen molar-refractivity contribution in [2.24, 2.45) is 0 Å². The zero-order valence-corrected chi connectivity index (χ0v) is 11.4. The molecule has 102 valence electrons. The van der Waals surface area contributed by atoms with Gasteiger partial charge in [-0.25, -0.2) is 0 Å². The first-order valence-corrected chi connectivity index (χ1v) is 6.81. The first-order chi connectivity index (χ1) is 9.33. The van der Waals surface area contributed by atoms with Crippen LogP contribution in [0, 0.1) is 11.3 Å². The normalized spacial score (nSPS) is 18.2. The number of methoxy groups -OCH3 is 1. The third-order valence-corrected chi connectivity index (χ3v) is 3.51. The molecule has 0 bridgehead atoms. The van der Waals surface area contributed by atoms with E-state index in [0.29, 0.717) is 18.2 Å². The van der Waals surface area contributed by atoms with Gasteiger partial charge < -0.3 is 15.0 Å². The lowest BCUT2D eigenvalue weighted by Crippen LogP contribution is -2.39. The SMILES string of the molecule is COCCN(CC1CCCN1)c1cccc(C#N)c1. The lowest BCUT2D eigenvalue weighted by molar-refractivity contribution is 0.204. The van der Waals surface area contributed by atoms with E-state index in [9.17, 15) is 0 Å². The maximum atomic E-state index is 9.00. The Bertz CT molecular complexity index is 435. The average Bonchev–Trinajstić information content (AvgIpc) is 2.96. The summed E-state index contributed by atoms with van der Waals surface area (Å²) < 4.78 is 5.19. The lowest BCUT2D eigenvalue weighted by atomic mass is 10.1. The Morgan fingerprint density at radius 1 is 1.53 bits per heavy atom. The van der Waals surface area contributed by atoms with Crippen LogP contribution < -0.4 is 10.2 Å². The average molecular weight is 259 g/mol. The monoisotopic (exact) mass is 259 g/mol. The number of ether oxygens (including phenoxy) is 1. The standard InChI is InChI=1S/C15H21N3O/c1-19-9-8-18(12-14-5-3-7-17-14)15-6-2-4-13(10-15)11-16/h2,4,6,10,14,17H,3,5,7-9,12H2,1H3. The van der Waals surface area contributed by atoms with E-state index in [0.717, 1.165) is 25.3 Å². The third-order valence-electron chi connectivity index (χ3n) is 3.51. The predicted octanol–water partition coefficient (Wildman–Crippen LogP) is 1.76. The second kappa shape index (κ2) is 7.13. The zero-order valence-electron chi connectivity index (χ0n) is 11.4. The summed E-state index contributed by atoms with van der Waals surface area (Å²) in [6, 6.07) is 10.5. The molecule has 1 fully saturated rings. The Hall–Kier alpha value is -1.57. The minimum Gasteiger partial charge on any atom is -0.383 e. The largest absolute Gasteiger partial charge is 0.383 e. The number of hydrogen-bond donors (Lipinski definition) is 1. The molecule has 0 radical (unpaired) electrons. The van der Waals surface area contributed by atoms with Crippen molar-refractivity contribution in [3.05, 3.63) is 29.8 Å². The molecule has 0 aromatic heterocycles. The quantitative estimate of drug-likeness (QED) is 0.845. The van der Waals surface area contributed by atoms with Gasteiger partial charge in [-0.2, -0.15) is 5.26 Å². The number of nitrogens with one attached hydrogen (secondary N) is 1. The first kappa shape index (κ1) is 13.9. The number of anilines is 1. The van der Waals surface area contributed by atoms with Crippen LogP contribution in [0.2, 0.25) is 0 Å². The molecule has 1 aromatic carbocycles. The summed E-state index contributed by atoms with van der Waals surface area (Å²) >= 11 is 0. The van der Waals surface area contributed by atoms with Crippen LogP contribution in [0.15, 0.2) is 24.3 Å². The number of hydrogen-bond acceptors (Lipinski definition) is 4. The summed E-state index contributed by atoms with van der Waals surface area (Å²) in [5, 5.41) is 12.5. The molecule has 19 heavy (non-hydrogen) atoms. The van der Waals surface area contributed by atoms with Gasteiger partial charge in [0.2, 0.25) is 0 Å². The molecule has 0 spiro atoms. The van der Waals surface area contributed by atoms with Crippen LogP contribution in [0.4, 0.5) is 5.69 Å². The van der Waals surface area contributed by atoms with Gasteiger partial charge in [0.15, 0.2) is 0 Å². The molecule has 1 heterocycles. The molecule has 4 nitrogen and oxygen atoms in total. The molecule has 1 saturated heterocycles. The first-order valence-electron chi connectivity index (χ1n) is 6.81. The fourth-order valence-electron chi connectivity index (χ4n) is 2.48. The van der Waals surface area contributed by atoms with Crippen molar-refractivity contribution in [1.82, 2.24) is 5.32 Å². The van der Waals surface area contributed by atoms with Crippen LogP contribution in [0.25, 0.3) is 0 Å². The van der Waals surface area contributed by atoms with Gasteiger partial charge >= 0.3 is 0 Å². The van der Waals surface area contributed by atoms with E-state index in [1.54, 1.807) is 7.11 Å². The van der Waals surface area contributed by atoms with Gasteiger partial charge in [0.1, 0.15) is 0 Å². The molecule has 4 heteroatoms. The molecule has 1 aliphatic rings. The minimum atomic E-state index is 0.544. The molecule has 1 aromatic rings. The van der Waals surface area contributed by atoms with Crippen LogP contribution in [0.3, 0.4) is 0 Å². The second-order valence-electron chi connectivity index (χ2n) is 4.89. The van der Waals surface area contributed by atoms with Crippen LogP contribution in [-0.2, 0) is 4.74 Å². The molecule has 0 aliphatic carbocycles. The van der Waals surface area contributed by atoms with E-state index in [1.165, 1.54) is 12.8 Å². The summed E-state index contributed by atoms with van der Waals surface area (Å²) in [5.74, 6) is 0. The van der Waals surface area contributed by atoms with Crippen molar-refractivity contribution in [1.29, 1.82) is 5.26 Å². The van der Waals surface area contributed by atoms with Gasteiger partial charge in [-0.3, -0.25) is 0 Å². The van der Waals surface area contributed by atoms with Gasteiger partial charge in [-0.1, -0.05) is 6.07 Å². The maximum absolute atomic E-state index is 9.00. The van der Waals surface area contributed by atoms with Crippen molar-refractivity contribution in [3.63, 3.8) is 0 Å². The van der Waals surface area contributed by atoms with E-state index in [1.807, 2.05) is 18.2 Å². The molecule has 0 saturated carbocycles. The molecule has 0 amide bonds. The van der Waals surface area contributed by atoms with Crippen LogP contribution in [-0.4, -0.2) is 39.4 Å². The van der Waals surface area contributed by atoms with Crippen LogP contribution in [0.1, 0.15) is 18.4 Å². The minimum absolute atomic E-state index is 0.544. The van der Waals surface area contributed by atoms with Crippen LogP contribution in [0.5, 0.6) is 0 Å². The highest BCUT2D eigenvalue weighted by molar-refractivity contribution is 5.51. The Morgan fingerprint density at radius 3 is 3.11 bits per heavy atom. The predicted molar refractivity (Wildman–Crippen MR) is 76.3 cm³/mol. The van der Waals surface area contributed by atoms with Gasteiger partial charge in [0, 0.05) is 31.9 Å². The molecule has 1 N–H and O–H groups in total. The summed E-state index contributed by atoms with van der Waals surface area (Å²) in [7, 11) is 1.72. The third kappa shape index (κ3) is 3.95. The lowest BCUT2D eigenvalue weighted by Gasteiger charge is -2.27. The molecule has 1 unspecified atom stereocenters. The van der Waals surface area contributed by atoms with Crippen molar-refractivity contribution in [2.75, 3.05) is 38.3 Å². The molecule has 2 rings (SSSR count). The highest BCUT2D eigenvalue weighted by atomic mass is 16.5. The number of nitrogens with zero attached hydrogens (tertiary/aromatic N) is 2. The van der Waals surface area contributed by atoms with E-state index < -0.39 is 0 Å². The molecular weight excluding hydrogens is 238 g/mol. The Balaban J connectivity index is 2.08. The molecule has 1 atom stereocenters. The Kier molecular flexibility index (Phi) is 5.20. The number of benzene rings is 1. The zero-order chi connectivity index (χ0) is 13.5. The Labute approximate surface area is 115 Å². The Morgan fingerprint density at radius 2 is 2.42 bits per heavy atom. The second-order valence-corrected chi connectivity index (χ2v) is 4.89. The summed E-state index contributed by atoms with van der Waals surface area (Å²) in [6.07, 6.45) is 2.47. The van der Waals surface area contributed by atoms with E-state index in [4.69, 9.17) is 10.00 Å². The van der Waals surface area contributed by atoms with Gasteiger partial charge in [0.25, 0.3) is 0 Å². The fraction of sp³-hybridized carbons (Fsp3) is 0.533. The summed E-state index contributed by atoms with van der Waals surface area (Å²) in [5.41, 5.74) is 1.81. The molecular formula is C15H21N3O. The van der Waals surface area contributed by atoms with Gasteiger partial charge in [0.05, 0.1) is 18.2 Å². The van der Waals surface area contributed by atoms with E-state index >= 15 is 0 Å². The molecule has 1 aliphatic heterocycles. The van der Waals surface area contributed by atoms with Gasteiger partial charge in [-0.15, -0.1) is 0 Å². The summed E-state index contributed by atoms with van der Waals surface area (Å²) in [6.45, 7) is 3.63. The van der Waals surface area contributed by atoms with Crippen molar-refractivity contribution >= 4 is 5.69 Å². The fourth-order valence-corrected chi connectivity index (χ4v) is 2.48. The van der Waals surface area contributed by atoms with Crippen molar-refractivity contribution in [3.8, 4) is 6.07 Å². The topological polar surface area (TPSA) is 48.3 Å². The summed E-state index contributed by atoms with van der Waals surface area (Å²) in [4.78, 5) is 2.30. The maximum Gasteiger partial charge on any atom is 0.0992 e. The smallest absolute Gasteiger partial charge is 0.0992 e. The highest BCUT2D eigenvalue weighted by Crippen LogP contribution is 2.18. The van der Waals surface area contributed by atoms with Crippen molar-refractivity contribution in [2.45, 2.75) is 18.9 Å². The number of rotatable bonds is 6. The van der Waals surface area contributed by atoms with Crippen LogP contribution >= 0.6 is 0 Å². The van der Waals surface area contributed by atoms with E-state index in [2.05, 4.69) is 22.4 Å². The highest BCUT2D eigenvalue weighted by Gasteiger charge is 2.18. The van der Waals surface area contributed by atoms with Crippen molar-refractivity contribution < 1.29 is 4.74 Å². The van der Waals surface area contributed by atoms with Gasteiger partial charge in [-0.05, 0) is 37.6 Å². The van der Waals surface area contributed by atoms with E-state index in [-0.39, 0.29) is 0 Å². The number of nitriles is 1.